The number of benzene rings is 2. The van der Waals surface area contributed by atoms with Crippen LogP contribution in [0.15, 0.2) is 61.1 Å². The van der Waals surface area contributed by atoms with Gasteiger partial charge in [-0.25, -0.2) is 4.68 Å². The number of hydrogen-bond donors (Lipinski definition) is 3. The summed E-state index contributed by atoms with van der Waals surface area (Å²) in [6.07, 6.45) is 3.70. The van der Waals surface area contributed by atoms with Crippen LogP contribution in [0.5, 0.6) is 0 Å². The molecule has 0 bridgehead atoms. The summed E-state index contributed by atoms with van der Waals surface area (Å²) >= 11 is 0. The summed E-state index contributed by atoms with van der Waals surface area (Å²) in [5.74, 6) is -0.577. The molecular formula is C20H19N7O2. The van der Waals surface area contributed by atoms with Gasteiger partial charge in [0.2, 0.25) is 11.8 Å². The molecule has 2 aromatic carbocycles. The Morgan fingerprint density at radius 3 is 2.83 bits per heavy atom. The van der Waals surface area contributed by atoms with E-state index in [1.54, 1.807) is 18.2 Å². The molecule has 4 rings (SSSR count). The lowest BCUT2D eigenvalue weighted by Gasteiger charge is -2.18. The van der Waals surface area contributed by atoms with Crippen LogP contribution < -0.4 is 10.6 Å². The van der Waals surface area contributed by atoms with Gasteiger partial charge in [-0.2, -0.15) is 0 Å². The van der Waals surface area contributed by atoms with E-state index >= 15 is 0 Å². The maximum Gasteiger partial charge on any atom is 0.247 e. The Bertz CT molecular complexity index is 1150. The smallest absolute Gasteiger partial charge is 0.247 e. The quantitative estimate of drug-likeness (QED) is 0.465. The SMILES string of the molecule is CC(=O)NC(Cc1c[nH]c2ccccc12)C(=O)Nc1cccc(-n2cnnn2)c1. The molecule has 0 aliphatic carbocycles. The molecule has 0 fully saturated rings. The first kappa shape index (κ1) is 18.4. The first-order valence-electron chi connectivity index (χ1n) is 9.06. The highest BCUT2D eigenvalue weighted by atomic mass is 16.2. The second-order valence-corrected chi connectivity index (χ2v) is 6.61. The standard InChI is InChI=1S/C20H19N7O2/c1-13(28)23-19(9-14-11-21-18-8-3-2-7-17(14)18)20(29)24-15-5-4-6-16(10-15)27-12-22-25-26-27/h2-8,10-12,19,21H,9H2,1H3,(H,23,28)(H,24,29). The van der Waals surface area contributed by atoms with Crippen LogP contribution >= 0.6 is 0 Å². The van der Waals surface area contributed by atoms with E-state index in [-0.39, 0.29) is 11.8 Å². The number of fused-ring (bicyclic) bond motifs is 1. The minimum absolute atomic E-state index is 0.271. The maximum absolute atomic E-state index is 12.9. The zero-order valence-electron chi connectivity index (χ0n) is 15.7. The van der Waals surface area contributed by atoms with Gasteiger partial charge >= 0.3 is 0 Å². The predicted molar refractivity (Wildman–Crippen MR) is 107 cm³/mol. The molecule has 0 aliphatic rings. The lowest BCUT2D eigenvalue weighted by Crippen LogP contribution is -2.44. The minimum Gasteiger partial charge on any atom is -0.361 e. The average molecular weight is 389 g/mol. The summed E-state index contributed by atoms with van der Waals surface area (Å²) in [4.78, 5) is 27.8. The molecule has 2 amide bonds. The minimum atomic E-state index is -0.719. The molecule has 0 saturated heterocycles. The van der Waals surface area contributed by atoms with Gasteiger partial charge in [-0.05, 0) is 40.3 Å². The molecule has 3 N–H and O–H groups in total. The van der Waals surface area contributed by atoms with Gasteiger partial charge in [-0.1, -0.05) is 24.3 Å². The van der Waals surface area contributed by atoms with Gasteiger partial charge in [0.15, 0.2) is 0 Å². The van der Waals surface area contributed by atoms with Gasteiger partial charge in [0.05, 0.1) is 5.69 Å². The third-order valence-corrected chi connectivity index (χ3v) is 4.52. The normalized spacial score (nSPS) is 11.9. The summed E-state index contributed by atoms with van der Waals surface area (Å²) in [7, 11) is 0. The number of carbonyl (C=O) groups excluding carboxylic acids is 2. The summed E-state index contributed by atoms with van der Waals surface area (Å²) in [6.45, 7) is 1.40. The number of nitrogens with zero attached hydrogens (tertiary/aromatic N) is 4. The first-order chi connectivity index (χ1) is 14.1. The number of rotatable bonds is 6. The van der Waals surface area contributed by atoms with Crippen molar-refractivity contribution in [2.75, 3.05) is 5.32 Å². The fourth-order valence-electron chi connectivity index (χ4n) is 3.21. The van der Waals surface area contributed by atoms with E-state index in [4.69, 9.17) is 0 Å². The summed E-state index contributed by atoms with van der Waals surface area (Å²) in [5, 5.41) is 17.7. The first-order valence-corrected chi connectivity index (χ1v) is 9.06. The Morgan fingerprint density at radius 1 is 1.17 bits per heavy atom. The number of tetrazole rings is 1. The molecule has 0 aliphatic heterocycles. The van der Waals surface area contributed by atoms with Crippen LogP contribution in [0.3, 0.4) is 0 Å². The maximum atomic E-state index is 12.9. The molecule has 9 heteroatoms. The lowest BCUT2D eigenvalue weighted by atomic mass is 10.0. The number of carbonyl (C=O) groups is 2. The van der Waals surface area contributed by atoms with Crippen molar-refractivity contribution in [3.63, 3.8) is 0 Å². The molecule has 9 nitrogen and oxygen atoms in total. The number of H-pyrrole nitrogens is 1. The van der Waals surface area contributed by atoms with Crippen molar-refractivity contribution in [1.29, 1.82) is 0 Å². The third-order valence-electron chi connectivity index (χ3n) is 4.52. The lowest BCUT2D eigenvalue weighted by molar-refractivity contribution is -0.125. The molecule has 29 heavy (non-hydrogen) atoms. The van der Waals surface area contributed by atoms with Crippen molar-refractivity contribution < 1.29 is 9.59 Å². The van der Waals surface area contributed by atoms with E-state index in [9.17, 15) is 9.59 Å². The second-order valence-electron chi connectivity index (χ2n) is 6.61. The van der Waals surface area contributed by atoms with E-state index < -0.39 is 6.04 Å². The van der Waals surface area contributed by atoms with Crippen LogP contribution in [-0.2, 0) is 16.0 Å². The van der Waals surface area contributed by atoms with E-state index in [0.717, 1.165) is 16.5 Å². The van der Waals surface area contributed by atoms with Crippen molar-refractivity contribution in [1.82, 2.24) is 30.5 Å². The highest BCUT2D eigenvalue weighted by Gasteiger charge is 2.21. The number of para-hydroxylation sites is 1. The Balaban J connectivity index is 1.55. The van der Waals surface area contributed by atoms with Crippen molar-refractivity contribution in [2.24, 2.45) is 0 Å². The zero-order chi connectivity index (χ0) is 20.2. The van der Waals surface area contributed by atoms with Crippen molar-refractivity contribution in [3.05, 3.63) is 66.6 Å². The number of anilines is 1. The number of hydrogen-bond acceptors (Lipinski definition) is 5. The molecule has 2 aromatic heterocycles. The molecular weight excluding hydrogens is 370 g/mol. The number of nitrogens with one attached hydrogen (secondary N) is 3. The van der Waals surface area contributed by atoms with Gasteiger partial charge in [0.1, 0.15) is 12.4 Å². The number of amides is 2. The third kappa shape index (κ3) is 4.13. The van der Waals surface area contributed by atoms with Gasteiger partial charge in [-0.3, -0.25) is 9.59 Å². The highest BCUT2D eigenvalue weighted by Crippen LogP contribution is 2.20. The molecule has 146 valence electrons. The van der Waals surface area contributed by atoms with Gasteiger partial charge in [0.25, 0.3) is 0 Å². The van der Waals surface area contributed by atoms with E-state index in [2.05, 4.69) is 31.1 Å². The largest absolute Gasteiger partial charge is 0.361 e. The molecule has 1 atom stereocenters. The molecule has 2 heterocycles. The van der Waals surface area contributed by atoms with Crippen LogP contribution in [0.25, 0.3) is 16.6 Å². The predicted octanol–water partition coefficient (Wildman–Crippen LogP) is 1.83. The molecule has 0 radical (unpaired) electrons. The van der Waals surface area contributed by atoms with Crippen LogP contribution in [0.2, 0.25) is 0 Å². The molecule has 4 aromatic rings. The Labute approximate surface area is 166 Å². The second kappa shape index (κ2) is 7.93. The molecule has 0 saturated carbocycles. The fraction of sp³-hybridized carbons (Fsp3) is 0.150. The fourth-order valence-corrected chi connectivity index (χ4v) is 3.21. The van der Waals surface area contributed by atoms with Gasteiger partial charge in [-0.15, -0.1) is 5.10 Å². The van der Waals surface area contributed by atoms with Crippen LogP contribution in [-0.4, -0.2) is 43.0 Å². The zero-order valence-corrected chi connectivity index (χ0v) is 15.7. The van der Waals surface area contributed by atoms with Crippen molar-refractivity contribution >= 4 is 28.4 Å². The number of aromatic nitrogens is 5. The highest BCUT2D eigenvalue weighted by molar-refractivity contribution is 5.97. The van der Waals surface area contributed by atoms with E-state index in [1.165, 1.54) is 17.9 Å². The summed E-state index contributed by atoms with van der Waals surface area (Å²) < 4.78 is 1.49. The molecule has 0 spiro atoms. The van der Waals surface area contributed by atoms with Gasteiger partial charge in [0, 0.05) is 36.1 Å². The topological polar surface area (TPSA) is 118 Å². The van der Waals surface area contributed by atoms with Crippen LogP contribution in [0.4, 0.5) is 5.69 Å². The van der Waals surface area contributed by atoms with Gasteiger partial charge < -0.3 is 15.6 Å². The van der Waals surface area contributed by atoms with Crippen LogP contribution in [0, 0.1) is 0 Å². The molecule has 1 unspecified atom stereocenters. The van der Waals surface area contributed by atoms with E-state index in [0.29, 0.717) is 17.8 Å². The monoisotopic (exact) mass is 389 g/mol. The average Bonchev–Trinajstić information content (AvgIpc) is 3.38. The summed E-state index contributed by atoms with van der Waals surface area (Å²) in [6, 6.07) is 14.3. The summed E-state index contributed by atoms with van der Waals surface area (Å²) in [5.41, 5.74) is 3.23. The number of aromatic amines is 1. The van der Waals surface area contributed by atoms with Crippen molar-refractivity contribution in [3.8, 4) is 5.69 Å². The van der Waals surface area contributed by atoms with Crippen LogP contribution in [0.1, 0.15) is 12.5 Å². The van der Waals surface area contributed by atoms with Crippen molar-refractivity contribution in [2.45, 2.75) is 19.4 Å². The van der Waals surface area contributed by atoms with E-state index in [1.807, 2.05) is 36.5 Å². The Morgan fingerprint density at radius 2 is 2.03 bits per heavy atom. The Hall–Kier alpha value is -4.01. The Kier molecular flexibility index (Phi) is 5.02.